The molecule has 1 aliphatic carbocycles. The van der Waals surface area contributed by atoms with Crippen LogP contribution in [0.4, 0.5) is 0 Å². The number of benzene rings is 1. The molecule has 1 aromatic rings. The molecule has 0 heterocycles. The maximum atomic E-state index is 11.9. The predicted octanol–water partition coefficient (Wildman–Crippen LogP) is 5.19. The van der Waals surface area contributed by atoms with Crippen molar-refractivity contribution in [1.82, 2.24) is 0 Å². The van der Waals surface area contributed by atoms with Gasteiger partial charge in [-0.3, -0.25) is 0 Å². The van der Waals surface area contributed by atoms with Gasteiger partial charge in [-0.25, -0.2) is 4.79 Å². The van der Waals surface area contributed by atoms with Crippen molar-refractivity contribution < 1.29 is 14.6 Å². The summed E-state index contributed by atoms with van der Waals surface area (Å²) in [5.74, 6) is -0.441. The van der Waals surface area contributed by atoms with E-state index in [2.05, 4.69) is 20.8 Å². The van der Waals surface area contributed by atoms with E-state index in [-0.39, 0.29) is 5.41 Å². The summed E-state index contributed by atoms with van der Waals surface area (Å²) in [6, 6.07) is 8.78. The van der Waals surface area contributed by atoms with Crippen LogP contribution in [0.5, 0.6) is 0 Å². The van der Waals surface area contributed by atoms with Crippen molar-refractivity contribution in [2.24, 2.45) is 5.41 Å². The van der Waals surface area contributed by atoms with Gasteiger partial charge in [-0.15, -0.1) is 0 Å². The van der Waals surface area contributed by atoms with Crippen LogP contribution in [0.15, 0.2) is 66.0 Å². The van der Waals surface area contributed by atoms with Gasteiger partial charge in [0, 0.05) is 0 Å². The summed E-state index contributed by atoms with van der Waals surface area (Å²) >= 11 is 0. The van der Waals surface area contributed by atoms with E-state index in [0.29, 0.717) is 5.56 Å². The topological polar surface area (TPSA) is 46.5 Å². The molecule has 134 valence electrons. The third kappa shape index (κ3) is 5.43. The molecule has 0 spiro atoms. The number of allylic oxidation sites excluding steroid dienone is 3. The maximum Gasteiger partial charge on any atom is 0.342 e. The fourth-order valence-corrected chi connectivity index (χ4v) is 3.19. The van der Waals surface area contributed by atoms with Crippen LogP contribution in [0.3, 0.4) is 0 Å². The summed E-state index contributed by atoms with van der Waals surface area (Å²) in [5.41, 5.74) is 2.08. The summed E-state index contributed by atoms with van der Waals surface area (Å²) in [4.78, 5) is 11.9. The Morgan fingerprint density at radius 3 is 2.56 bits per heavy atom. The molecule has 0 aromatic heterocycles. The zero-order valence-electron chi connectivity index (χ0n) is 15.6. The minimum absolute atomic E-state index is 0.123. The molecule has 1 aliphatic rings. The second-order valence-corrected chi connectivity index (χ2v) is 7.56. The monoisotopic (exact) mass is 340 g/mol. The first kappa shape index (κ1) is 19.2. The lowest BCUT2D eigenvalue weighted by atomic mass is 9.72. The van der Waals surface area contributed by atoms with E-state index in [1.165, 1.54) is 29.9 Å². The highest BCUT2D eigenvalue weighted by Crippen LogP contribution is 2.40. The number of hydrogen-bond acceptors (Lipinski definition) is 3. The second kappa shape index (κ2) is 7.83. The summed E-state index contributed by atoms with van der Waals surface area (Å²) in [7, 11) is 0. The normalized spacial score (nSPS) is 20.0. The first-order chi connectivity index (χ1) is 11.7. The van der Waals surface area contributed by atoms with Crippen LogP contribution in [0, 0.1) is 5.41 Å². The Bertz CT molecular complexity index is 691. The van der Waals surface area contributed by atoms with Crippen LogP contribution in [0.25, 0.3) is 0 Å². The first-order valence-electron chi connectivity index (χ1n) is 8.77. The first-order valence-corrected chi connectivity index (χ1v) is 8.77. The van der Waals surface area contributed by atoms with Gasteiger partial charge in [-0.1, -0.05) is 43.7 Å². The molecule has 0 amide bonds. The van der Waals surface area contributed by atoms with Gasteiger partial charge in [0.05, 0.1) is 11.8 Å². The highest BCUT2D eigenvalue weighted by atomic mass is 16.5. The Hall–Kier alpha value is -2.13. The van der Waals surface area contributed by atoms with Crippen molar-refractivity contribution in [3.05, 3.63) is 71.5 Å². The Morgan fingerprint density at radius 1 is 1.24 bits per heavy atom. The van der Waals surface area contributed by atoms with Crippen LogP contribution in [-0.2, 0) is 4.74 Å². The van der Waals surface area contributed by atoms with Crippen molar-refractivity contribution in [3.8, 4) is 0 Å². The van der Waals surface area contributed by atoms with Gasteiger partial charge in [0.15, 0.2) is 0 Å². The lowest BCUT2D eigenvalue weighted by molar-refractivity contribution is 0.0656. The summed E-state index contributed by atoms with van der Waals surface area (Å²) < 4.78 is 5.09. The minimum atomic E-state index is -1.18. The summed E-state index contributed by atoms with van der Waals surface area (Å²) in [6.07, 6.45) is 9.97. The van der Waals surface area contributed by atoms with E-state index in [4.69, 9.17) is 4.74 Å². The molecule has 1 aromatic carbocycles. The molecule has 0 aliphatic heterocycles. The SMILES string of the molecule is CC1=C(C=CC(C)(O)C=COC(=O)c2ccccc2)C(C)(C)CCC1. The molecule has 0 saturated carbocycles. The highest BCUT2D eigenvalue weighted by molar-refractivity contribution is 5.89. The average Bonchev–Trinajstić information content (AvgIpc) is 2.54. The predicted molar refractivity (Wildman–Crippen MR) is 101 cm³/mol. The fourth-order valence-electron chi connectivity index (χ4n) is 3.19. The third-order valence-electron chi connectivity index (χ3n) is 4.72. The van der Waals surface area contributed by atoms with E-state index < -0.39 is 11.6 Å². The summed E-state index contributed by atoms with van der Waals surface area (Å²) in [6.45, 7) is 8.30. The van der Waals surface area contributed by atoms with Crippen molar-refractivity contribution in [3.63, 3.8) is 0 Å². The Labute approximate surface area is 150 Å². The molecule has 25 heavy (non-hydrogen) atoms. The van der Waals surface area contributed by atoms with E-state index in [1.54, 1.807) is 37.3 Å². The van der Waals surface area contributed by atoms with Gasteiger partial charge >= 0.3 is 5.97 Å². The molecule has 0 bridgehead atoms. The van der Waals surface area contributed by atoms with Crippen molar-refractivity contribution in [2.75, 3.05) is 0 Å². The molecule has 1 atom stereocenters. The fraction of sp³-hybridized carbons (Fsp3) is 0.409. The van der Waals surface area contributed by atoms with Crippen LogP contribution < -0.4 is 0 Å². The van der Waals surface area contributed by atoms with E-state index in [1.807, 2.05) is 12.1 Å². The van der Waals surface area contributed by atoms with Crippen molar-refractivity contribution >= 4 is 5.97 Å². The molecule has 1 unspecified atom stereocenters. The highest BCUT2D eigenvalue weighted by Gasteiger charge is 2.27. The Balaban J connectivity index is 2.02. The van der Waals surface area contributed by atoms with Gasteiger partial charge in [0.2, 0.25) is 0 Å². The van der Waals surface area contributed by atoms with Gasteiger partial charge in [-0.05, 0) is 68.4 Å². The van der Waals surface area contributed by atoms with Crippen LogP contribution >= 0.6 is 0 Å². The average molecular weight is 340 g/mol. The lowest BCUT2D eigenvalue weighted by Gasteiger charge is -2.33. The molecular weight excluding hydrogens is 312 g/mol. The van der Waals surface area contributed by atoms with Gasteiger partial charge < -0.3 is 9.84 Å². The van der Waals surface area contributed by atoms with Crippen molar-refractivity contribution in [2.45, 2.75) is 52.6 Å². The van der Waals surface area contributed by atoms with Gasteiger partial charge in [0.25, 0.3) is 0 Å². The number of rotatable bonds is 5. The zero-order chi connectivity index (χ0) is 18.5. The van der Waals surface area contributed by atoms with Crippen LogP contribution in [-0.4, -0.2) is 16.7 Å². The van der Waals surface area contributed by atoms with E-state index >= 15 is 0 Å². The number of aliphatic hydroxyl groups is 1. The summed E-state index contributed by atoms with van der Waals surface area (Å²) in [5, 5.41) is 10.5. The Kier molecular flexibility index (Phi) is 6.02. The van der Waals surface area contributed by atoms with E-state index in [9.17, 15) is 9.90 Å². The number of esters is 1. The number of ether oxygens (including phenoxy) is 1. The van der Waals surface area contributed by atoms with E-state index in [0.717, 1.165) is 12.8 Å². The maximum absolute atomic E-state index is 11.9. The largest absolute Gasteiger partial charge is 0.431 e. The smallest absolute Gasteiger partial charge is 0.342 e. The molecule has 0 radical (unpaired) electrons. The molecule has 3 heteroatoms. The second-order valence-electron chi connectivity index (χ2n) is 7.56. The quantitative estimate of drug-likeness (QED) is 0.592. The minimum Gasteiger partial charge on any atom is -0.431 e. The molecule has 1 N–H and O–H groups in total. The van der Waals surface area contributed by atoms with Crippen molar-refractivity contribution in [1.29, 1.82) is 0 Å². The molecular formula is C22H28O3. The zero-order valence-corrected chi connectivity index (χ0v) is 15.6. The molecule has 0 saturated heterocycles. The molecule has 3 nitrogen and oxygen atoms in total. The Morgan fingerprint density at radius 2 is 1.92 bits per heavy atom. The van der Waals surface area contributed by atoms with Gasteiger partial charge in [0.1, 0.15) is 5.60 Å². The standard InChI is InChI=1S/C22H28O3/c1-17-9-8-13-21(2,3)19(17)12-14-22(4,24)15-16-25-20(23)18-10-6-5-7-11-18/h5-7,10-12,14-16,24H,8-9,13H2,1-4H3. The number of hydrogen-bond donors (Lipinski definition) is 1. The third-order valence-corrected chi connectivity index (χ3v) is 4.72. The molecule has 2 rings (SSSR count). The van der Waals surface area contributed by atoms with Crippen LogP contribution in [0.1, 0.15) is 57.3 Å². The van der Waals surface area contributed by atoms with Crippen LogP contribution in [0.2, 0.25) is 0 Å². The lowest BCUT2D eigenvalue weighted by Crippen LogP contribution is -2.21. The molecule has 0 fully saturated rings. The number of carbonyl (C=O) groups is 1. The number of carbonyl (C=O) groups excluding carboxylic acids is 1. The van der Waals surface area contributed by atoms with Gasteiger partial charge in [-0.2, -0.15) is 0 Å².